The molecule has 3 aromatic heterocycles. The third kappa shape index (κ3) is 4.74. The van der Waals surface area contributed by atoms with Gasteiger partial charge in [0.05, 0.1) is 33.4 Å². The second-order valence-electron chi connectivity index (χ2n) is 14.0. The highest BCUT2D eigenvalue weighted by Gasteiger charge is 2.21. The quantitative estimate of drug-likeness (QED) is 0.191. The molecule has 4 nitrogen and oxygen atoms in total. The lowest BCUT2D eigenvalue weighted by atomic mass is 9.98. The smallest absolute Gasteiger partial charge is 0.159 e. The predicted octanol–water partition coefficient (Wildman–Crippen LogP) is 11.9. The fourth-order valence-corrected chi connectivity index (χ4v) is 7.86. The number of para-hydroxylation sites is 1. The zero-order valence-corrected chi connectivity index (χ0v) is 29.3. The molecule has 4 heteroatoms. The van der Waals surface area contributed by atoms with Gasteiger partial charge in [-0.25, -0.2) is 9.97 Å². The Kier molecular flexibility index (Phi) is 6.79. The van der Waals surface area contributed by atoms with E-state index in [9.17, 15) is 0 Å². The van der Waals surface area contributed by atoms with Crippen LogP contribution in [0.1, 0.15) is 33.6 Å². The average Bonchev–Trinajstić information content (AvgIpc) is 3.58. The SMILES string of the molecule is Cc1ccc2c(c1)c1cc(C)ccc1n2-c1ccccc1-c1cc(-c2nc(C)cc(C)n2)ccc1-n1c2ccc(C)cc2c2cc(C)ccc21. The summed E-state index contributed by atoms with van der Waals surface area (Å²) in [5.74, 6) is 0.740. The molecule has 0 bridgehead atoms. The van der Waals surface area contributed by atoms with E-state index >= 15 is 0 Å². The van der Waals surface area contributed by atoms with E-state index in [4.69, 9.17) is 9.97 Å². The molecule has 3 heterocycles. The summed E-state index contributed by atoms with van der Waals surface area (Å²) in [4.78, 5) is 9.80. The number of benzene rings is 6. The van der Waals surface area contributed by atoms with Gasteiger partial charge in [0.2, 0.25) is 0 Å². The van der Waals surface area contributed by atoms with Crippen molar-refractivity contribution in [2.45, 2.75) is 41.5 Å². The summed E-state index contributed by atoms with van der Waals surface area (Å²) >= 11 is 0. The van der Waals surface area contributed by atoms with Gasteiger partial charge < -0.3 is 9.13 Å². The van der Waals surface area contributed by atoms with Crippen molar-refractivity contribution in [2.24, 2.45) is 0 Å². The number of hydrogen-bond donors (Lipinski definition) is 0. The van der Waals surface area contributed by atoms with Crippen molar-refractivity contribution < 1.29 is 0 Å². The average molecular weight is 647 g/mol. The molecule has 0 unspecified atom stereocenters. The van der Waals surface area contributed by atoms with Crippen LogP contribution in [0.25, 0.3) is 77.5 Å². The molecule has 0 spiro atoms. The first-order valence-electron chi connectivity index (χ1n) is 17.3. The second kappa shape index (κ2) is 11.3. The number of hydrogen-bond acceptors (Lipinski definition) is 2. The Morgan fingerprint density at radius 2 is 0.800 bits per heavy atom. The number of nitrogens with zero attached hydrogens (tertiary/aromatic N) is 4. The molecule has 0 atom stereocenters. The first kappa shape index (κ1) is 30.1. The monoisotopic (exact) mass is 646 g/mol. The summed E-state index contributed by atoms with van der Waals surface area (Å²) < 4.78 is 4.89. The van der Waals surface area contributed by atoms with Gasteiger partial charge in [-0.1, -0.05) is 64.7 Å². The van der Waals surface area contributed by atoms with Crippen molar-refractivity contribution >= 4 is 43.6 Å². The van der Waals surface area contributed by atoms with E-state index in [1.807, 2.05) is 19.9 Å². The third-order valence-electron chi connectivity index (χ3n) is 10.1. The Morgan fingerprint density at radius 1 is 0.380 bits per heavy atom. The van der Waals surface area contributed by atoms with Gasteiger partial charge in [0.15, 0.2) is 5.82 Å². The van der Waals surface area contributed by atoms with Crippen LogP contribution < -0.4 is 0 Å². The molecule has 0 amide bonds. The zero-order chi connectivity index (χ0) is 34.3. The lowest BCUT2D eigenvalue weighted by Crippen LogP contribution is -2.02. The maximum atomic E-state index is 4.90. The molecular formula is C46H38N4. The molecule has 50 heavy (non-hydrogen) atoms. The second-order valence-corrected chi connectivity index (χ2v) is 14.0. The number of aryl methyl sites for hydroxylation is 6. The van der Waals surface area contributed by atoms with Gasteiger partial charge in [-0.2, -0.15) is 0 Å². The van der Waals surface area contributed by atoms with Crippen LogP contribution >= 0.6 is 0 Å². The van der Waals surface area contributed by atoms with Gasteiger partial charge in [-0.15, -0.1) is 0 Å². The summed E-state index contributed by atoms with van der Waals surface area (Å²) in [6, 6.07) is 44.9. The minimum atomic E-state index is 0.740. The van der Waals surface area contributed by atoms with E-state index in [1.165, 1.54) is 65.9 Å². The van der Waals surface area contributed by atoms with Crippen molar-refractivity contribution in [3.05, 3.63) is 155 Å². The molecule has 0 saturated carbocycles. The van der Waals surface area contributed by atoms with Crippen molar-refractivity contribution in [3.8, 4) is 33.9 Å². The molecule has 0 aliphatic rings. The van der Waals surface area contributed by atoms with Gasteiger partial charge in [-0.05, 0) is 120 Å². The molecule has 0 aliphatic heterocycles. The van der Waals surface area contributed by atoms with Gasteiger partial charge in [0.1, 0.15) is 0 Å². The lowest BCUT2D eigenvalue weighted by Gasteiger charge is -2.19. The first-order valence-corrected chi connectivity index (χ1v) is 17.3. The molecule has 242 valence electrons. The Bertz CT molecular complexity index is 2690. The Morgan fingerprint density at radius 3 is 1.26 bits per heavy atom. The van der Waals surface area contributed by atoms with E-state index in [2.05, 4.69) is 152 Å². The van der Waals surface area contributed by atoms with Crippen molar-refractivity contribution in [1.82, 2.24) is 19.1 Å². The van der Waals surface area contributed by atoms with Gasteiger partial charge >= 0.3 is 0 Å². The van der Waals surface area contributed by atoms with E-state index in [-0.39, 0.29) is 0 Å². The highest BCUT2D eigenvalue weighted by atomic mass is 15.0. The highest BCUT2D eigenvalue weighted by molar-refractivity contribution is 6.12. The van der Waals surface area contributed by atoms with Crippen LogP contribution in [0.15, 0.2) is 121 Å². The third-order valence-corrected chi connectivity index (χ3v) is 10.1. The molecule has 9 aromatic rings. The molecule has 0 aliphatic carbocycles. The lowest BCUT2D eigenvalue weighted by molar-refractivity contribution is 1.06. The van der Waals surface area contributed by atoms with E-state index in [0.717, 1.165) is 45.3 Å². The minimum Gasteiger partial charge on any atom is -0.309 e. The summed E-state index contributed by atoms with van der Waals surface area (Å²) in [7, 11) is 0. The minimum absolute atomic E-state index is 0.740. The maximum absolute atomic E-state index is 4.90. The molecule has 0 saturated heterocycles. The molecule has 0 N–H and O–H groups in total. The Hall–Kier alpha value is -6.00. The Balaban J connectivity index is 1.41. The van der Waals surface area contributed by atoms with E-state index in [0.29, 0.717) is 0 Å². The van der Waals surface area contributed by atoms with Crippen LogP contribution in [-0.4, -0.2) is 19.1 Å². The highest BCUT2D eigenvalue weighted by Crippen LogP contribution is 2.42. The van der Waals surface area contributed by atoms with Crippen LogP contribution in [0.5, 0.6) is 0 Å². The van der Waals surface area contributed by atoms with Gasteiger partial charge in [0.25, 0.3) is 0 Å². The summed E-state index contributed by atoms with van der Waals surface area (Å²) in [5, 5.41) is 5.06. The van der Waals surface area contributed by atoms with Crippen molar-refractivity contribution in [1.29, 1.82) is 0 Å². The van der Waals surface area contributed by atoms with Crippen molar-refractivity contribution in [3.63, 3.8) is 0 Å². The Labute approximate surface area is 292 Å². The largest absolute Gasteiger partial charge is 0.309 e. The predicted molar refractivity (Wildman–Crippen MR) is 210 cm³/mol. The fourth-order valence-electron chi connectivity index (χ4n) is 7.86. The first-order chi connectivity index (χ1) is 24.2. The van der Waals surface area contributed by atoms with E-state index in [1.54, 1.807) is 0 Å². The molecule has 9 rings (SSSR count). The van der Waals surface area contributed by atoms with Crippen LogP contribution in [0.4, 0.5) is 0 Å². The molecule has 0 radical (unpaired) electrons. The summed E-state index contributed by atoms with van der Waals surface area (Å²) in [6.45, 7) is 12.8. The standard InChI is InChI=1S/C46H38N4/c1-27-11-16-41-35(21-27)36-22-28(2)12-17-42(36)49(41)40-10-8-7-9-34(40)39-26-33(46-47-31(5)25-32(6)48-46)15-20-45(39)50-43-18-13-29(3)23-37(43)38-24-30(4)14-19-44(38)50/h7-26H,1-6H3. The van der Waals surface area contributed by atoms with Crippen LogP contribution in [0.2, 0.25) is 0 Å². The zero-order valence-electron chi connectivity index (χ0n) is 29.3. The van der Waals surface area contributed by atoms with Crippen LogP contribution in [-0.2, 0) is 0 Å². The topological polar surface area (TPSA) is 35.6 Å². The maximum Gasteiger partial charge on any atom is 0.159 e. The number of aromatic nitrogens is 4. The number of fused-ring (bicyclic) bond motifs is 6. The fraction of sp³-hybridized carbons (Fsp3) is 0.130. The summed E-state index contributed by atoms with van der Waals surface area (Å²) in [5.41, 5.74) is 17.2. The van der Waals surface area contributed by atoms with E-state index < -0.39 is 0 Å². The molecular weight excluding hydrogens is 609 g/mol. The number of rotatable bonds is 4. The molecule has 6 aromatic carbocycles. The van der Waals surface area contributed by atoms with Crippen LogP contribution in [0.3, 0.4) is 0 Å². The van der Waals surface area contributed by atoms with Gasteiger partial charge in [0, 0.05) is 49.6 Å². The normalized spacial score (nSPS) is 11.8. The van der Waals surface area contributed by atoms with Gasteiger partial charge in [-0.3, -0.25) is 0 Å². The summed E-state index contributed by atoms with van der Waals surface area (Å²) in [6.07, 6.45) is 0. The van der Waals surface area contributed by atoms with Crippen molar-refractivity contribution in [2.75, 3.05) is 0 Å². The van der Waals surface area contributed by atoms with Crippen LogP contribution in [0, 0.1) is 41.5 Å². The molecule has 0 fully saturated rings.